The van der Waals surface area contributed by atoms with Gasteiger partial charge in [0.1, 0.15) is 6.33 Å². The molecule has 0 unspecified atom stereocenters. The van der Waals surface area contributed by atoms with E-state index in [4.69, 9.17) is 0 Å². The summed E-state index contributed by atoms with van der Waals surface area (Å²) in [5.41, 5.74) is 0.925. The quantitative estimate of drug-likeness (QED) is 0.197. The lowest BCUT2D eigenvalue weighted by Crippen LogP contribution is -2.04. The van der Waals surface area contributed by atoms with Gasteiger partial charge in [0.25, 0.3) is 5.69 Å². The third-order valence-corrected chi connectivity index (χ3v) is 4.22. The SMILES string of the molecule is COC(=O)c1ccn(CSc2nncn2/N=C\c2ccc([N+](=O)[O-])cc2)n1. The first kappa shape index (κ1) is 18.3. The summed E-state index contributed by atoms with van der Waals surface area (Å²) < 4.78 is 7.64. The van der Waals surface area contributed by atoms with Crippen molar-refractivity contribution in [3.63, 3.8) is 0 Å². The summed E-state index contributed by atoms with van der Waals surface area (Å²) in [7, 11) is 1.29. The van der Waals surface area contributed by atoms with Crippen molar-refractivity contribution in [1.29, 1.82) is 0 Å². The van der Waals surface area contributed by atoms with Crippen LogP contribution in [0.1, 0.15) is 16.1 Å². The fourth-order valence-electron chi connectivity index (χ4n) is 1.98. The van der Waals surface area contributed by atoms with Gasteiger partial charge in [0.2, 0.25) is 5.16 Å². The molecule has 2 aromatic heterocycles. The third kappa shape index (κ3) is 4.55. The molecule has 3 aromatic rings. The Labute approximate surface area is 156 Å². The molecule has 0 saturated carbocycles. The van der Waals surface area contributed by atoms with Crippen molar-refractivity contribution in [1.82, 2.24) is 24.7 Å². The van der Waals surface area contributed by atoms with Crippen LogP contribution in [0, 0.1) is 10.1 Å². The molecule has 0 bridgehead atoms. The van der Waals surface area contributed by atoms with Gasteiger partial charge in [-0.05, 0) is 23.8 Å². The first-order valence-electron chi connectivity index (χ1n) is 7.50. The zero-order valence-electron chi connectivity index (χ0n) is 14.0. The molecule has 0 amide bonds. The Morgan fingerprint density at radius 3 is 2.85 bits per heavy atom. The second kappa shape index (κ2) is 8.23. The molecule has 0 saturated heterocycles. The standard InChI is InChI=1S/C15H13N7O4S/c1-26-14(23)13-6-7-20(19-13)10-27-15-18-16-9-21(15)17-8-11-2-4-12(5-3-11)22(24)25/h2-9H,10H2,1H3/b17-8-. The Bertz CT molecular complexity index is 980. The van der Waals surface area contributed by atoms with Crippen LogP contribution < -0.4 is 0 Å². The first-order chi connectivity index (χ1) is 13.1. The van der Waals surface area contributed by atoms with E-state index >= 15 is 0 Å². The molecule has 27 heavy (non-hydrogen) atoms. The molecular formula is C15H13N7O4S. The van der Waals surface area contributed by atoms with Crippen molar-refractivity contribution >= 4 is 29.6 Å². The van der Waals surface area contributed by atoms with Gasteiger partial charge >= 0.3 is 5.97 Å². The van der Waals surface area contributed by atoms with Crippen molar-refractivity contribution in [3.8, 4) is 0 Å². The normalized spacial score (nSPS) is 11.0. The molecule has 0 aliphatic rings. The number of hydrogen-bond donors (Lipinski definition) is 0. The highest BCUT2D eigenvalue weighted by molar-refractivity contribution is 7.98. The molecule has 0 atom stereocenters. The van der Waals surface area contributed by atoms with E-state index in [9.17, 15) is 14.9 Å². The number of non-ortho nitro benzene ring substituents is 1. The maximum atomic E-state index is 11.4. The predicted octanol–water partition coefficient (Wildman–Crippen LogP) is 1.80. The number of carbonyl (C=O) groups is 1. The van der Waals surface area contributed by atoms with E-state index in [1.807, 2.05) is 0 Å². The smallest absolute Gasteiger partial charge is 0.358 e. The van der Waals surface area contributed by atoms with Crippen molar-refractivity contribution in [2.75, 3.05) is 7.11 Å². The van der Waals surface area contributed by atoms with Crippen molar-refractivity contribution < 1.29 is 14.5 Å². The van der Waals surface area contributed by atoms with Crippen LogP contribution in [0.15, 0.2) is 53.1 Å². The average molecular weight is 387 g/mol. The minimum absolute atomic E-state index is 0.0123. The number of nitro benzene ring substituents is 1. The van der Waals surface area contributed by atoms with Crippen molar-refractivity contribution in [2.45, 2.75) is 11.0 Å². The molecule has 0 fully saturated rings. The van der Waals surface area contributed by atoms with E-state index in [0.717, 1.165) is 0 Å². The number of methoxy groups -OCH3 is 1. The van der Waals surface area contributed by atoms with Gasteiger partial charge in [-0.25, -0.2) is 4.79 Å². The van der Waals surface area contributed by atoms with Crippen LogP contribution in [0.2, 0.25) is 0 Å². The van der Waals surface area contributed by atoms with Gasteiger partial charge in [-0.2, -0.15) is 14.9 Å². The zero-order valence-corrected chi connectivity index (χ0v) is 14.8. The number of aromatic nitrogens is 5. The Morgan fingerprint density at radius 2 is 2.15 bits per heavy atom. The summed E-state index contributed by atoms with van der Waals surface area (Å²) in [6, 6.07) is 7.55. The molecule has 0 radical (unpaired) electrons. The molecule has 1 aromatic carbocycles. The minimum atomic E-state index is -0.505. The number of thioether (sulfide) groups is 1. The number of nitro groups is 1. The second-order valence-electron chi connectivity index (χ2n) is 5.06. The van der Waals surface area contributed by atoms with Crippen LogP contribution in [0.3, 0.4) is 0 Å². The number of carbonyl (C=O) groups excluding carboxylic acids is 1. The molecule has 0 aliphatic carbocycles. The number of ether oxygens (including phenoxy) is 1. The van der Waals surface area contributed by atoms with Gasteiger partial charge in [-0.3, -0.25) is 14.8 Å². The number of esters is 1. The number of hydrogen-bond acceptors (Lipinski definition) is 9. The summed E-state index contributed by atoms with van der Waals surface area (Å²) in [6.45, 7) is 0. The fourth-order valence-corrected chi connectivity index (χ4v) is 2.70. The summed E-state index contributed by atoms with van der Waals surface area (Å²) in [4.78, 5) is 21.6. The Morgan fingerprint density at radius 1 is 1.37 bits per heavy atom. The van der Waals surface area contributed by atoms with Gasteiger partial charge in [0.05, 0.1) is 24.1 Å². The van der Waals surface area contributed by atoms with E-state index < -0.39 is 10.9 Å². The lowest BCUT2D eigenvalue weighted by atomic mass is 10.2. The van der Waals surface area contributed by atoms with Crippen LogP contribution in [0.5, 0.6) is 0 Å². The van der Waals surface area contributed by atoms with Gasteiger partial charge in [0, 0.05) is 18.3 Å². The molecule has 2 heterocycles. The zero-order chi connectivity index (χ0) is 19.2. The van der Waals surface area contributed by atoms with Crippen molar-refractivity contribution in [2.24, 2.45) is 5.10 Å². The summed E-state index contributed by atoms with van der Waals surface area (Å²) in [6.07, 6.45) is 4.63. The maximum absolute atomic E-state index is 11.4. The second-order valence-corrected chi connectivity index (χ2v) is 5.97. The molecule has 3 rings (SSSR count). The fraction of sp³-hybridized carbons (Fsp3) is 0.133. The number of nitrogens with zero attached hydrogens (tertiary/aromatic N) is 7. The highest BCUT2D eigenvalue weighted by Crippen LogP contribution is 2.17. The van der Waals surface area contributed by atoms with Crippen LogP contribution in [-0.4, -0.2) is 48.9 Å². The van der Waals surface area contributed by atoms with E-state index in [0.29, 0.717) is 16.6 Å². The van der Waals surface area contributed by atoms with E-state index in [2.05, 4.69) is 25.1 Å². The average Bonchev–Trinajstić information content (AvgIpc) is 3.33. The van der Waals surface area contributed by atoms with Crippen LogP contribution >= 0.6 is 11.8 Å². The number of benzene rings is 1. The molecule has 12 heteroatoms. The lowest BCUT2D eigenvalue weighted by molar-refractivity contribution is -0.384. The minimum Gasteiger partial charge on any atom is -0.464 e. The van der Waals surface area contributed by atoms with E-state index in [1.165, 1.54) is 42.0 Å². The van der Waals surface area contributed by atoms with Gasteiger partial charge in [0.15, 0.2) is 5.69 Å². The summed E-state index contributed by atoms with van der Waals surface area (Å²) in [5, 5.41) is 27.3. The topological polar surface area (TPSA) is 130 Å². The number of rotatable bonds is 7. The van der Waals surface area contributed by atoms with E-state index in [1.54, 1.807) is 35.3 Å². The van der Waals surface area contributed by atoms with Gasteiger partial charge in [-0.15, -0.1) is 10.2 Å². The van der Waals surface area contributed by atoms with Gasteiger partial charge in [-0.1, -0.05) is 11.8 Å². The Kier molecular flexibility index (Phi) is 5.56. The monoisotopic (exact) mass is 387 g/mol. The maximum Gasteiger partial charge on any atom is 0.358 e. The lowest BCUT2D eigenvalue weighted by Gasteiger charge is -2.01. The molecular weight excluding hydrogens is 374 g/mol. The van der Waals surface area contributed by atoms with Crippen LogP contribution in [0.4, 0.5) is 5.69 Å². The predicted molar refractivity (Wildman–Crippen MR) is 95.5 cm³/mol. The largest absolute Gasteiger partial charge is 0.464 e. The van der Waals surface area contributed by atoms with E-state index in [-0.39, 0.29) is 11.4 Å². The molecule has 0 aliphatic heterocycles. The Balaban J connectivity index is 1.64. The molecule has 138 valence electrons. The third-order valence-electron chi connectivity index (χ3n) is 3.30. The van der Waals surface area contributed by atoms with Gasteiger partial charge < -0.3 is 4.74 Å². The summed E-state index contributed by atoms with van der Waals surface area (Å²) >= 11 is 1.32. The molecule has 0 spiro atoms. The highest BCUT2D eigenvalue weighted by Gasteiger charge is 2.10. The highest BCUT2D eigenvalue weighted by atomic mass is 32.2. The van der Waals surface area contributed by atoms with Crippen LogP contribution in [-0.2, 0) is 10.6 Å². The first-order valence-corrected chi connectivity index (χ1v) is 8.49. The van der Waals surface area contributed by atoms with Crippen LogP contribution in [0.25, 0.3) is 0 Å². The van der Waals surface area contributed by atoms with Crippen molar-refractivity contribution in [3.05, 3.63) is 64.2 Å². The molecule has 0 N–H and O–H groups in total. The summed E-state index contributed by atoms with van der Waals surface area (Å²) in [5.74, 6) is -0.113. The molecule has 11 nitrogen and oxygen atoms in total. The Hall–Kier alpha value is -3.54.